The van der Waals surface area contributed by atoms with Crippen molar-refractivity contribution in [2.45, 2.75) is 13.3 Å². The molecule has 2 bridgehead atoms. The van der Waals surface area contributed by atoms with Gasteiger partial charge in [-0.05, 0) is 42.5 Å². The third kappa shape index (κ3) is 1.31. The van der Waals surface area contributed by atoms with E-state index >= 15 is 0 Å². The van der Waals surface area contributed by atoms with E-state index in [0.29, 0.717) is 11.8 Å². The normalized spacial score (nSPS) is 26.6. The van der Waals surface area contributed by atoms with Gasteiger partial charge in [0.15, 0.2) is 0 Å². The highest BCUT2D eigenvalue weighted by Gasteiger charge is 2.33. The maximum atomic E-state index is 5.19. The van der Waals surface area contributed by atoms with Crippen LogP contribution in [0.4, 0.5) is 0 Å². The van der Waals surface area contributed by atoms with Gasteiger partial charge in [0.2, 0.25) is 0 Å². The number of fused-ring (bicyclic) bond motifs is 2. The molecule has 1 nitrogen and oxygen atoms in total. The van der Waals surface area contributed by atoms with E-state index in [0.717, 1.165) is 5.75 Å². The molecule has 0 aromatic heterocycles. The Labute approximate surface area is 96.4 Å². The fraction of sp³-hybridized carbons (Fsp3) is 0.333. The molecule has 0 saturated heterocycles. The zero-order valence-electron chi connectivity index (χ0n) is 9.73. The molecule has 0 N–H and O–H groups in total. The highest BCUT2D eigenvalue weighted by Crippen LogP contribution is 2.48. The molecule has 1 aromatic carbocycles. The van der Waals surface area contributed by atoms with E-state index < -0.39 is 0 Å². The molecule has 0 spiro atoms. The minimum atomic E-state index is 0.651. The first-order chi connectivity index (χ1) is 7.79. The van der Waals surface area contributed by atoms with Crippen molar-refractivity contribution in [3.05, 3.63) is 47.6 Å². The predicted molar refractivity (Wildman–Crippen MR) is 66.3 cm³/mol. The molecule has 2 atom stereocenters. The number of hydrogen-bond acceptors (Lipinski definition) is 1. The van der Waals surface area contributed by atoms with E-state index in [4.69, 9.17) is 4.74 Å². The van der Waals surface area contributed by atoms with Crippen LogP contribution in [0.1, 0.15) is 18.9 Å². The van der Waals surface area contributed by atoms with Gasteiger partial charge in [0.1, 0.15) is 5.75 Å². The summed E-state index contributed by atoms with van der Waals surface area (Å²) in [4.78, 5) is 0. The van der Waals surface area contributed by atoms with Crippen molar-refractivity contribution in [2.24, 2.45) is 11.8 Å². The van der Waals surface area contributed by atoms with E-state index in [2.05, 4.69) is 31.2 Å². The van der Waals surface area contributed by atoms with Gasteiger partial charge >= 0.3 is 0 Å². The van der Waals surface area contributed by atoms with Crippen LogP contribution in [-0.4, -0.2) is 7.11 Å². The maximum absolute atomic E-state index is 5.19. The maximum Gasteiger partial charge on any atom is 0.118 e. The van der Waals surface area contributed by atoms with Crippen LogP contribution < -0.4 is 4.74 Å². The fourth-order valence-electron chi connectivity index (χ4n) is 2.94. The Morgan fingerprint density at radius 3 is 2.31 bits per heavy atom. The summed E-state index contributed by atoms with van der Waals surface area (Å²) in [6.07, 6.45) is 6.00. The van der Waals surface area contributed by atoms with Gasteiger partial charge < -0.3 is 4.74 Å². The van der Waals surface area contributed by atoms with Crippen molar-refractivity contribution in [1.29, 1.82) is 0 Å². The Bertz CT molecular complexity index is 465. The smallest absolute Gasteiger partial charge is 0.118 e. The van der Waals surface area contributed by atoms with Crippen molar-refractivity contribution in [2.75, 3.05) is 7.11 Å². The number of methoxy groups -OCH3 is 1. The highest BCUT2D eigenvalue weighted by atomic mass is 16.5. The second-order valence-corrected chi connectivity index (χ2v) is 4.66. The molecule has 0 unspecified atom stereocenters. The van der Waals surface area contributed by atoms with Gasteiger partial charge in [0.25, 0.3) is 0 Å². The molecule has 0 amide bonds. The molecule has 1 aromatic rings. The molecule has 0 fully saturated rings. The number of allylic oxidation sites excluding steroid dienone is 4. The zero-order valence-corrected chi connectivity index (χ0v) is 9.73. The molecule has 82 valence electrons. The fourth-order valence-corrected chi connectivity index (χ4v) is 2.94. The first-order valence-corrected chi connectivity index (χ1v) is 5.83. The Hall–Kier alpha value is -1.50. The summed E-state index contributed by atoms with van der Waals surface area (Å²) in [6, 6.07) is 8.44. The van der Waals surface area contributed by atoms with E-state index in [1.54, 1.807) is 12.7 Å². The van der Waals surface area contributed by atoms with Crippen molar-refractivity contribution < 1.29 is 4.74 Å². The largest absolute Gasteiger partial charge is 0.497 e. The van der Waals surface area contributed by atoms with Gasteiger partial charge in [0, 0.05) is 5.92 Å². The summed E-state index contributed by atoms with van der Waals surface area (Å²) in [5.74, 6) is 2.28. The average molecular weight is 212 g/mol. The van der Waals surface area contributed by atoms with Crippen molar-refractivity contribution in [3.63, 3.8) is 0 Å². The van der Waals surface area contributed by atoms with E-state index in [-0.39, 0.29) is 0 Å². The van der Waals surface area contributed by atoms with E-state index in [9.17, 15) is 0 Å². The summed E-state index contributed by atoms with van der Waals surface area (Å²) < 4.78 is 5.19. The third-order valence-corrected chi connectivity index (χ3v) is 3.84. The first-order valence-electron chi connectivity index (χ1n) is 5.83. The zero-order chi connectivity index (χ0) is 11.1. The summed E-state index contributed by atoms with van der Waals surface area (Å²) >= 11 is 0. The Morgan fingerprint density at radius 2 is 1.75 bits per heavy atom. The molecule has 0 heterocycles. The molecule has 2 aliphatic rings. The van der Waals surface area contributed by atoms with Gasteiger partial charge in [0.05, 0.1) is 7.11 Å². The summed E-state index contributed by atoms with van der Waals surface area (Å²) in [7, 11) is 1.71. The van der Waals surface area contributed by atoms with Crippen LogP contribution in [0.25, 0.3) is 5.57 Å². The van der Waals surface area contributed by atoms with Crippen molar-refractivity contribution >= 4 is 5.57 Å². The van der Waals surface area contributed by atoms with Crippen LogP contribution in [-0.2, 0) is 0 Å². The SMILES string of the molecule is COc1ccc(C2=C(C)[C@H]3C=C[C@@H]2C3)cc1. The average Bonchev–Trinajstić information content (AvgIpc) is 2.90. The molecule has 2 aliphatic carbocycles. The molecule has 1 heteroatoms. The summed E-state index contributed by atoms with van der Waals surface area (Å²) in [5, 5.41) is 0. The van der Waals surface area contributed by atoms with Crippen molar-refractivity contribution in [3.8, 4) is 5.75 Å². The number of ether oxygens (including phenoxy) is 1. The number of benzene rings is 1. The third-order valence-electron chi connectivity index (χ3n) is 3.84. The lowest BCUT2D eigenvalue weighted by Gasteiger charge is -2.14. The van der Waals surface area contributed by atoms with E-state index in [1.807, 2.05) is 12.1 Å². The van der Waals surface area contributed by atoms with Gasteiger partial charge in [-0.3, -0.25) is 0 Å². The first kappa shape index (κ1) is 9.71. The van der Waals surface area contributed by atoms with Crippen molar-refractivity contribution in [1.82, 2.24) is 0 Å². The molecular formula is C15H16O. The standard InChI is InChI=1S/C15H16O/c1-10-12-3-4-13(9-12)15(10)11-5-7-14(16-2)8-6-11/h3-8,12-13H,9H2,1-2H3/t12-,13+/m0/s1. The Morgan fingerprint density at radius 1 is 1.06 bits per heavy atom. The second-order valence-electron chi connectivity index (χ2n) is 4.66. The topological polar surface area (TPSA) is 9.23 Å². The van der Waals surface area contributed by atoms with Gasteiger partial charge in [-0.25, -0.2) is 0 Å². The molecule has 0 aliphatic heterocycles. The van der Waals surface area contributed by atoms with Gasteiger partial charge in [-0.1, -0.05) is 29.9 Å². The van der Waals surface area contributed by atoms with Crippen LogP contribution in [0.2, 0.25) is 0 Å². The van der Waals surface area contributed by atoms with Gasteiger partial charge in [-0.15, -0.1) is 0 Å². The van der Waals surface area contributed by atoms with Crippen LogP contribution in [0, 0.1) is 11.8 Å². The number of hydrogen-bond donors (Lipinski definition) is 0. The Balaban J connectivity index is 1.98. The monoisotopic (exact) mass is 212 g/mol. The van der Waals surface area contributed by atoms with Crippen LogP contribution in [0.5, 0.6) is 5.75 Å². The lowest BCUT2D eigenvalue weighted by molar-refractivity contribution is 0.415. The molecule has 3 rings (SSSR count). The van der Waals surface area contributed by atoms with E-state index in [1.165, 1.54) is 17.6 Å². The van der Waals surface area contributed by atoms with Crippen LogP contribution in [0.15, 0.2) is 42.0 Å². The molecule has 0 radical (unpaired) electrons. The molecular weight excluding hydrogens is 196 g/mol. The lowest BCUT2D eigenvalue weighted by Crippen LogP contribution is -1.96. The minimum absolute atomic E-state index is 0.651. The number of rotatable bonds is 2. The Kier molecular flexibility index (Phi) is 2.13. The lowest BCUT2D eigenvalue weighted by atomic mass is 9.92. The predicted octanol–water partition coefficient (Wildman–Crippen LogP) is 3.67. The molecule has 0 saturated carbocycles. The quantitative estimate of drug-likeness (QED) is 0.679. The van der Waals surface area contributed by atoms with Crippen LogP contribution >= 0.6 is 0 Å². The summed E-state index contributed by atoms with van der Waals surface area (Å²) in [6.45, 7) is 2.27. The highest BCUT2D eigenvalue weighted by molar-refractivity contribution is 5.76. The van der Waals surface area contributed by atoms with Gasteiger partial charge in [-0.2, -0.15) is 0 Å². The minimum Gasteiger partial charge on any atom is -0.497 e. The van der Waals surface area contributed by atoms with Crippen LogP contribution in [0.3, 0.4) is 0 Å². The molecule has 16 heavy (non-hydrogen) atoms. The second kappa shape index (κ2) is 3.51. The summed E-state index contributed by atoms with van der Waals surface area (Å²) in [5.41, 5.74) is 4.45.